The van der Waals surface area contributed by atoms with Gasteiger partial charge in [-0.25, -0.2) is 0 Å². The number of hydrogen-bond acceptors (Lipinski definition) is 4. The Hall–Kier alpha value is -2.15. The van der Waals surface area contributed by atoms with Crippen LogP contribution in [0.1, 0.15) is 66.6 Å². The molecule has 0 saturated carbocycles. The number of likely N-dealkylation sites (tertiary alicyclic amines) is 1. The Morgan fingerprint density at radius 1 is 0.964 bits per heavy atom. The van der Waals surface area contributed by atoms with Crippen LogP contribution in [0.5, 0.6) is 0 Å². The number of carboxylic acids is 1. The van der Waals surface area contributed by atoms with Crippen LogP contribution in [0.2, 0.25) is 0 Å². The van der Waals surface area contributed by atoms with Gasteiger partial charge in [0.05, 0.1) is 0 Å². The van der Waals surface area contributed by atoms with E-state index in [1.54, 1.807) is 10.6 Å². The predicted molar refractivity (Wildman–Crippen MR) is 107 cm³/mol. The smallest absolute Gasteiger partial charge is 0.322 e. The topological polar surface area (TPSA) is 91.6 Å². The van der Waals surface area contributed by atoms with Gasteiger partial charge in [-0.3, -0.25) is 14.4 Å². The molecule has 1 fully saturated rings. The lowest BCUT2D eigenvalue weighted by molar-refractivity contribution is -0.135. The molecule has 1 saturated heterocycles. The summed E-state index contributed by atoms with van der Waals surface area (Å²) >= 11 is 0. The van der Waals surface area contributed by atoms with Crippen LogP contribution in [0.25, 0.3) is 0 Å². The Balaban J connectivity index is 1.90. The van der Waals surface area contributed by atoms with E-state index in [9.17, 15) is 14.4 Å². The summed E-state index contributed by atoms with van der Waals surface area (Å²) in [7, 11) is 0. The van der Waals surface area contributed by atoms with E-state index in [4.69, 9.17) is 5.11 Å². The average molecular weight is 389 g/mol. The van der Waals surface area contributed by atoms with Gasteiger partial charge in [-0.05, 0) is 63.2 Å². The Kier molecular flexibility index (Phi) is 7.25. The molecule has 2 heterocycles. The lowest BCUT2D eigenvalue weighted by Gasteiger charge is -2.28. The molecule has 1 amide bonds. The summed E-state index contributed by atoms with van der Waals surface area (Å²) in [5.74, 6) is -1.71. The van der Waals surface area contributed by atoms with E-state index in [1.165, 1.54) is 25.7 Å². The molecule has 7 nitrogen and oxygen atoms in total. The highest BCUT2D eigenvalue weighted by atomic mass is 16.4. The van der Waals surface area contributed by atoms with Gasteiger partial charge in [0.1, 0.15) is 12.1 Å². The number of carbonyl (C=O) groups excluding carboxylic acids is 1. The molecule has 1 aliphatic heterocycles. The highest BCUT2D eigenvalue weighted by Crippen LogP contribution is 2.20. The second-order valence-electron chi connectivity index (χ2n) is 7.88. The standard InChI is InChI=1S/C21H31N3O4/c25-19(26)15-22-20(27)17-14-16-8-4-1-2-5-9-18(16)24(21(17)28)13-12-23-10-6-3-7-11-23/h14H,1-13,15H2,(H,22,27)(H,25,26). The number of nitrogens with zero attached hydrogens (tertiary/aromatic N) is 2. The fourth-order valence-corrected chi connectivity index (χ4v) is 4.31. The summed E-state index contributed by atoms with van der Waals surface area (Å²) in [6.07, 6.45) is 9.82. The molecule has 154 valence electrons. The molecule has 0 spiro atoms. The lowest BCUT2D eigenvalue weighted by Crippen LogP contribution is -2.40. The molecular weight excluding hydrogens is 358 g/mol. The number of hydrogen-bond donors (Lipinski definition) is 2. The van der Waals surface area contributed by atoms with Gasteiger partial charge in [0, 0.05) is 18.8 Å². The molecule has 3 rings (SSSR count). The second kappa shape index (κ2) is 9.87. The third-order valence-corrected chi connectivity index (χ3v) is 5.83. The van der Waals surface area contributed by atoms with Crippen molar-refractivity contribution in [2.24, 2.45) is 0 Å². The molecule has 0 aromatic carbocycles. The Morgan fingerprint density at radius 3 is 2.36 bits per heavy atom. The first-order chi connectivity index (χ1) is 13.6. The Morgan fingerprint density at radius 2 is 1.64 bits per heavy atom. The van der Waals surface area contributed by atoms with Crippen LogP contribution in [0, 0.1) is 0 Å². The molecule has 2 N–H and O–H groups in total. The first-order valence-corrected chi connectivity index (χ1v) is 10.5. The number of aromatic nitrogens is 1. The predicted octanol–water partition coefficient (Wildman–Crippen LogP) is 1.81. The molecule has 0 bridgehead atoms. The summed E-state index contributed by atoms with van der Waals surface area (Å²) < 4.78 is 1.80. The molecular formula is C21H31N3O4. The molecule has 0 radical (unpaired) electrons. The number of amides is 1. The summed E-state index contributed by atoms with van der Waals surface area (Å²) in [5, 5.41) is 11.2. The van der Waals surface area contributed by atoms with Gasteiger partial charge < -0.3 is 19.9 Å². The molecule has 1 aromatic rings. The maximum atomic E-state index is 13.1. The van der Waals surface area contributed by atoms with E-state index in [0.29, 0.717) is 6.54 Å². The van der Waals surface area contributed by atoms with Crippen molar-refractivity contribution in [3.8, 4) is 0 Å². The van der Waals surface area contributed by atoms with Crippen molar-refractivity contribution < 1.29 is 14.7 Å². The zero-order valence-electron chi connectivity index (χ0n) is 16.5. The maximum Gasteiger partial charge on any atom is 0.322 e. The van der Waals surface area contributed by atoms with Crippen molar-refractivity contribution in [1.29, 1.82) is 0 Å². The zero-order chi connectivity index (χ0) is 19.9. The fourth-order valence-electron chi connectivity index (χ4n) is 4.31. The minimum atomic E-state index is -1.12. The third kappa shape index (κ3) is 5.22. The van der Waals surface area contributed by atoms with Crippen LogP contribution >= 0.6 is 0 Å². The van der Waals surface area contributed by atoms with E-state index < -0.39 is 18.4 Å². The Bertz CT molecular complexity index is 766. The number of pyridine rings is 1. The molecule has 7 heteroatoms. The van der Waals surface area contributed by atoms with Gasteiger partial charge in [-0.15, -0.1) is 0 Å². The van der Waals surface area contributed by atoms with Crippen LogP contribution in [0.4, 0.5) is 0 Å². The number of carbonyl (C=O) groups is 2. The minimum Gasteiger partial charge on any atom is -0.480 e. The van der Waals surface area contributed by atoms with Crippen LogP contribution in [-0.2, 0) is 24.2 Å². The number of carboxylic acid groups (broad SMARTS) is 1. The highest BCUT2D eigenvalue weighted by molar-refractivity contribution is 5.95. The van der Waals surface area contributed by atoms with Crippen LogP contribution in [0.15, 0.2) is 10.9 Å². The number of nitrogens with one attached hydrogen (secondary N) is 1. The van der Waals surface area contributed by atoms with Crippen LogP contribution in [0.3, 0.4) is 0 Å². The van der Waals surface area contributed by atoms with Crippen molar-refractivity contribution >= 4 is 11.9 Å². The largest absolute Gasteiger partial charge is 0.480 e. The molecule has 28 heavy (non-hydrogen) atoms. The van der Waals surface area contributed by atoms with Crippen LogP contribution < -0.4 is 10.9 Å². The number of aliphatic carboxylic acids is 1. The SMILES string of the molecule is O=C(O)CNC(=O)c1cc2c(n(CCN3CCCCC3)c1=O)CCCCCC2. The van der Waals surface area contributed by atoms with Gasteiger partial charge >= 0.3 is 5.97 Å². The van der Waals surface area contributed by atoms with Crippen molar-refractivity contribution in [3.63, 3.8) is 0 Å². The number of fused-ring (bicyclic) bond motifs is 1. The van der Waals surface area contributed by atoms with Crippen molar-refractivity contribution in [1.82, 2.24) is 14.8 Å². The maximum absolute atomic E-state index is 13.1. The van der Waals surface area contributed by atoms with Gasteiger partial charge in [-0.1, -0.05) is 19.3 Å². The van der Waals surface area contributed by atoms with Crippen LogP contribution in [-0.4, -0.2) is 52.6 Å². The molecule has 1 aromatic heterocycles. The first-order valence-electron chi connectivity index (χ1n) is 10.5. The van der Waals surface area contributed by atoms with Gasteiger partial charge in [0.15, 0.2) is 0 Å². The first kappa shape index (κ1) is 20.6. The third-order valence-electron chi connectivity index (χ3n) is 5.83. The minimum absolute atomic E-state index is 0.0687. The normalized spacial score (nSPS) is 18.0. The molecule has 0 unspecified atom stereocenters. The molecule has 2 aliphatic rings. The van der Waals surface area contributed by atoms with E-state index in [2.05, 4.69) is 10.2 Å². The van der Waals surface area contributed by atoms with E-state index in [1.807, 2.05) is 0 Å². The summed E-state index contributed by atoms with van der Waals surface area (Å²) in [4.78, 5) is 38.8. The van der Waals surface area contributed by atoms with E-state index >= 15 is 0 Å². The number of piperidine rings is 1. The molecule has 0 atom stereocenters. The monoisotopic (exact) mass is 389 g/mol. The lowest BCUT2D eigenvalue weighted by atomic mass is 9.95. The van der Waals surface area contributed by atoms with Gasteiger partial charge in [0.25, 0.3) is 11.5 Å². The highest BCUT2D eigenvalue weighted by Gasteiger charge is 2.21. The second-order valence-corrected chi connectivity index (χ2v) is 7.88. The van der Waals surface area contributed by atoms with E-state index in [-0.39, 0.29) is 11.1 Å². The summed E-state index contributed by atoms with van der Waals surface area (Å²) in [5.41, 5.74) is 1.91. The van der Waals surface area contributed by atoms with Crippen molar-refractivity contribution in [2.75, 3.05) is 26.2 Å². The van der Waals surface area contributed by atoms with E-state index in [0.717, 1.165) is 63.0 Å². The van der Waals surface area contributed by atoms with Gasteiger partial charge in [0.2, 0.25) is 0 Å². The number of rotatable bonds is 6. The molecule has 1 aliphatic carbocycles. The van der Waals surface area contributed by atoms with Gasteiger partial charge in [-0.2, -0.15) is 0 Å². The number of aryl methyl sites for hydroxylation is 1. The van der Waals surface area contributed by atoms with Crippen molar-refractivity contribution in [2.45, 2.75) is 64.3 Å². The summed E-state index contributed by atoms with van der Waals surface area (Å²) in [6, 6.07) is 1.71. The summed E-state index contributed by atoms with van der Waals surface area (Å²) in [6.45, 7) is 3.04. The quantitative estimate of drug-likeness (QED) is 0.774. The zero-order valence-corrected chi connectivity index (χ0v) is 16.5. The average Bonchev–Trinajstić information content (AvgIpc) is 2.67. The fraction of sp³-hybridized carbons (Fsp3) is 0.667. The van der Waals surface area contributed by atoms with Crippen molar-refractivity contribution in [3.05, 3.63) is 33.2 Å². The Labute approximate surface area is 165 Å².